The molecule has 3 heterocycles. The lowest BCUT2D eigenvalue weighted by Crippen LogP contribution is -2.33. The molecule has 19 heavy (non-hydrogen) atoms. The molecule has 2 saturated heterocycles. The number of nitrogens with one attached hydrogen (secondary N) is 2. The fraction of sp³-hybridized carbons (Fsp3) is 0.800. The van der Waals surface area contributed by atoms with E-state index in [-0.39, 0.29) is 12.1 Å². The second kappa shape index (κ2) is 5.06. The van der Waals surface area contributed by atoms with Crippen molar-refractivity contribution in [2.75, 3.05) is 24.4 Å². The normalized spacial score (nSPS) is 24.9. The van der Waals surface area contributed by atoms with Crippen molar-refractivity contribution in [3.05, 3.63) is 5.89 Å². The van der Waals surface area contributed by atoms with Gasteiger partial charge in [0.05, 0.1) is 6.04 Å². The van der Waals surface area contributed by atoms with Gasteiger partial charge in [0, 0.05) is 13.1 Å². The summed E-state index contributed by atoms with van der Waals surface area (Å²) in [5.74, 6) is 0.441. The predicted octanol–water partition coefficient (Wildman–Crippen LogP) is 0.247. The number of hydrogen-bond donors (Lipinski definition) is 2. The van der Waals surface area contributed by atoms with E-state index in [4.69, 9.17) is 4.42 Å². The smallest absolute Gasteiger partial charge is 0.330 e. The van der Waals surface area contributed by atoms with Gasteiger partial charge in [-0.15, -0.1) is 5.10 Å². The van der Waals surface area contributed by atoms with Crippen LogP contribution in [0.2, 0.25) is 0 Å². The Bertz CT molecular complexity index is 531. The summed E-state index contributed by atoms with van der Waals surface area (Å²) in [5, 5.41) is 10.8. The van der Waals surface area contributed by atoms with E-state index in [1.807, 2.05) is 0 Å². The van der Waals surface area contributed by atoms with Gasteiger partial charge >= 0.3 is 16.2 Å². The Kier molecular flexibility index (Phi) is 3.42. The molecule has 1 unspecified atom stereocenters. The summed E-state index contributed by atoms with van der Waals surface area (Å²) in [6.45, 7) is 2.00. The summed E-state index contributed by atoms with van der Waals surface area (Å²) in [6, 6.07) is -0.0202. The van der Waals surface area contributed by atoms with Gasteiger partial charge in [-0.1, -0.05) is 5.10 Å². The third-order valence-electron chi connectivity index (χ3n) is 3.42. The van der Waals surface area contributed by atoms with Crippen molar-refractivity contribution >= 4 is 16.2 Å². The third kappa shape index (κ3) is 2.72. The maximum absolute atomic E-state index is 12.0. The van der Waals surface area contributed by atoms with E-state index in [0.717, 1.165) is 32.2 Å². The summed E-state index contributed by atoms with van der Waals surface area (Å²) < 4.78 is 33.1. The van der Waals surface area contributed by atoms with Crippen LogP contribution in [0.15, 0.2) is 4.42 Å². The Morgan fingerprint density at radius 2 is 2.05 bits per heavy atom. The average molecular weight is 287 g/mol. The van der Waals surface area contributed by atoms with E-state index >= 15 is 0 Å². The molecule has 0 spiro atoms. The molecule has 0 radical (unpaired) electrons. The van der Waals surface area contributed by atoms with Crippen LogP contribution in [0.4, 0.5) is 6.01 Å². The number of anilines is 1. The second-order valence-electron chi connectivity index (χ2n) is 4.81. The lowest BCUT2D eigenvalue weighted by Gasteiger charge is -2.14. The van der Waals surface area contributed by atoms with E-state index in [9.17, 15) is 8.42 Å². The van der Waals surface area contributed by atoms with E-state index in [1.54, 1.807) is 0 Å². The van der Waals surface area contributed by atoms with Gasteiger partial charge < -0.3 is 9.73 Å². The lowest BCUT2D eigenvalue weighted by molar-refractivity contribution is 0.437. The molecule has 2 aliphatic rings. The zero-order valence-electron chi connectivity index (χ0n) is 10.5. The van der Waals surface area contributed by atoms with Crippen molar-refractivity contribution in [1.29, 1.82) is 0 Å². The summed E-state index contributed by atoms with van der Waals surface area (Å²) in [4.78, 5) is 0. The first-order chi connectivity index (χ1) is 9.15. The molecule has 106 valence electrons. The van der Waals surface area contributed by atoms with Gasteiger partial charge in [0.25, 0.3) is 0 Å². The first kappa shape index (κ1) is 12.8. The molecule has 0 aromatic carbocycles. The Labute approximate surface area is 111 Å². The third-order valence-corrected chi connectivity index (χ3v) is 4.90. The summed E-state index contributed by atoms with van der Waals surface area (Å²) in [6.07, 6.45) is 3.77. The van der Waals surface area contributed by atoms with Crippen LogP contribution in [0.3, 0.4) is 0 Å². The van der Waals surface area contributed by atoms with Crippen LogP contribution in [0.25, 0.3) is 0 Å². The monoisotopic (exact) mass is 287 g/mol. The molecule has 3 rings (SSSR count). The van der Waals surface area contributed by atoms with Crippen molar-refractivity contribution in [3.63, 3.8) is 0 Å². The van der Waals surface area contributed by atoms with Crippen LogP contribution in [-0.2, 0) is 10.2 Å². The van der Waals surface area contributed by atoms with Crippen molar-refractivity contribution in [3.8, 4) is 0 Å². The highest BCUT2D eigenvalue weighted by atomic mass is 32.2. The molecule has 2 N–H and O–H groups in total. The van der Waals surface area contributed by atoms with Crippen molar-refractivity contribution in [1.82, 2.24) is 19.8 Å². The van der Waals surface area contributed by atoms with Gasteiger partial charge in [0.2, 0.25) is 5.89 Å². The summed E-state index contributed by atoms with van der Waals surface area (Å²) in [7, 11) is -3.56. The topological polar surface area (TPSA) is 100 Å². The lowest BCUT2D eigenvalue weighted by atomic mass is 10.2. The second-order valence-corrected chi connectivity index (χ2v) is 6.48. The van der Waals surface area contributed by atoms with Crippen LogP contribution in [0, 0.1) is 0 Å². The maximum atomic E-state index is 12.0. The molecule has 1 aromatic rings. The van der Waals surface area contributed by atoms with E-state index < -0.39 is 10.2 Å². The highest BCUT2D eigenvalue weighted by molar-refractivity contribution is 7.90. The van der Waals surface area contributed by atoms with Gasteiger partial charge in [0.1, 0.15) is 0 Å². The zero-order valence-corrected chi connectivity index (χ0v) is 11.3. The van der Waals surface area contributed by atoms with E-state index in [2.05, 4.69) is 20.2 Å². The summed E-state index contributed by atoms with van der Waals surface area (Å²) in [5.41, 5.74) is 0. The number of hydrogen-bond acceptors (Lipinski definition) is 6. The molecular weight excluding hydrogens is 270 g/mol. The molecule has 1 atom stereocenters. The van der Waals surface area contributed by atoms with E-state index in [1.165, 1.54) is 4.31 Å². The Balaban J connectivity index is 1.69. The molecule has 0 bridgehead atoms. The molecule has 2 fully saturated rings. The minimum Gasteiger partial charge on any atom is -0.406 e. The molecule has 0 amide bonds. The van der Waals surface area contributed by atoms with Crippen LogP contribution in [0.1, 0.15) is 37.6 Å². The van der Waals surface area contributed by atoms with Crippen molar-refractivity contribution in [2.45, 2.75) is 31.7 Å². The Morgan fingerprint density at radius 3 is 2.74 bits per heavy atom. The zero-order chi connectivity index (χ0) is 13.3. The predicted molar refractivity (Wildman–Crippen MR) is 67.6 cm³/mol. The molecule has 2 aliphatic heterocycles. The highest BCUT2D eigenvalue weighted by Gasteiger charge is 2.28. The fourth-order valence-corrected chi connectivity index (χ4v) is 3.59. The first-order valence-corrected chi connectivity index (χ1v) is 7.94. The Hall–Kier alpha value is -1.19. The van der Waals surface area contributed by atoms with Gasteiger partial charge in [-0.25, -0.2) is 4.72 Å². The van der Waals surface area contributed by atoms with Crippen LogP contribution < -0.4 is 10.0 Å². The SMILES string of the molecule is O=S(=O)(Nc1nnc(C2CCCN2)o1)N1CCCC1. The molecule has 0 saturated carbocycles. The minimum absolute atomic E-state index is 0.0394. The highest BCUT2D eigenvalue weighted by Crippen LogP contribution is 2.23. The number of aromatic nitrogens is 2. The Morgan fingerprint density at radius 1 is 1.26 bits per heavy atom. The fourth-order valence-electron chi connectivity index (χ4n) is 2.42. The number of nitrogens with zero attached hydrogens (tertiary/aromatic N) is 3. The molecule has 8 nitrogen and oxygen atoms in total. The van der Waals surface area contributed by atoms with Crippen molar-refractivity contribution < 1.29 is 12.8 Å². The quantitative estimate of drug-likeness (QED) is 0.823. The van der Waals surface area contributed by atoms with Gasteiger partial charge in [0.15, 0.2) is 0 Å². The minimum atomic E-state index is -3.56. The molecule has 1 aromatic heterocycles. The maximum Gasteiger partial charge on any atom is 0.330 e. The van der Waals surface area contributed by atoms with Gasteiger partial charge in [-0.3, -0.25) is 0 Å². The summed E-state index contributed by atoms with van der Waals surface area (Å²) >= 11 is 0. The van der Waals surface area contributed by atoms with Crippen LogP contribution in [0.5, 0.6) is 0 Å². The average Bonchev–Trinajstić information content (AvgIpc) is 3.11. The molecule has 9 heteroatoms. The molecule has 0 aliphatic carbocycles. The molecular formula is C10H17N5O3S. The number of rotatable bonds is 4. The van der Waals surface area contributed by atoms with E-state index in [0.29, 0.717) is 19.0 Å². The van der Waals surface area contributed by atoms with Gasteiger partial charge in [-0.2, -0.15) is 12.7 Å². The van der Waals surface area contributed by atoms with Crippen LogP contribution in [-0.4, -0.2) is 42.6 Å². The van der Waals surface area contributed by atoms with Crippen LogP contribution >= 0.6 is 0 Å². The largest absolute Gasteiger partial charge is 0.406 e. The standard InChI is InChI=1S/C10H17N5O3S/c16-19(17,15-6-1-2-7-15)14-10-13-12-9(18-10)8-4-3-5-11-8/h8,11H,1-7H2,(H,13,14). The van der Waals surface area contributed by atoms with Crippen molar-refractivity contribution in [2.24, 2.45) is 0 Å². The first-order valence-electron chi connectivity index (χ1n) is 6.50. The van der Waals surface area contributed by atoms with Gasteiger partial charge in [-0.05, 0) is 32.2 Å².